The molecule has 94 valence electrons. The zero-order valence-electron chi connectivity index (χ0n) is 10.6. The highest BCUT2D eigenvalue weighted by Gasteiger charge is 2.16. The first-order chi connectivity index (χ1) is 8.54. The van der Waals surface area contributed by atoms with Crippen molar-refractivity contribution in [3.05, 3.63) is 35.4 Å². The van der Waals surface area contributed by atoms with Crippen molar-refractivity contribution in [2.45, 2.75) is 6.92 Å². The molecule has 0 atom stereocenters. The third-order valence-electron chi connectivity index (χ3n) is 2.07. The van der Waals surface area contributed by atoms with Crippen LogP contribution in [0.5, 0.6) is 0 Å². The maximum Gasteiger partial charge on any atom is 0.331 e. The first-order valence-electron chi connectivity index (χ1n) is 5.32. The Balaban J connectivity index is 3.13. The molecule has 1 aromatic carbocycles. The van der Waals surface area contributed by atoms with Crippen LogP contribution in [0.2, 0.25) is 0 Å². The van der Waals surface area contributed by atoms with Crippen molar-refractivity contribution in [3.8, 4) is 6.07 Å². The number of benzene rings is 1. The molecule has 18 heavy (non-hydrogen) atoms. The Bertz CT molecular complexity index is 504. The zero-order chi connectivity index (χ0) is 13.5. The molecule has 0 fully saturated rings. The number of hydrogen-bond acceptors (Lipinski definition) is 4. The second-order valence-electron chi connectivity index (χ2n) is 3.91. The van der Waals surface area contributed by atoms with Crippen LogP contribution in [0.25, 0.3) is 0 Å². The molecular formula is C13H15N2O2S+. The molecule has 1 aromatic rings. The molecule has 5 heteroatoms. The van der Waals surface area contributed by atoms with Gasteiger partial charge in [-0.1, -0.05) is 23.4 Å². The Morgan fingerprint density at radius 1 is 1.44 bits per heavy atom. The van der Waals surface area contributed by atoms with Crippen LogP contribution < -0.4 is 0 Å². The number of carbonyl (C=O) groups excluding carboxylic acids is 1. The number of nitrogens with zero attached hydrogens (tertiary/aromatic N) is 2. The van der Waals surface area contributed by atoms with Crippen molar-refractivity contribution in [1.29, 1.82) is 5.26 Å². The van der Waals surface area contributed by atoms with Gasteiger partial charge in [0, 0.05) is 12.5 Å². The lowest BCUT2D eigenvalue weighted by atomic mass is 10.1. The van der Waals surface area contributed by atoms with Crippen LogP contribution in [0, 0.1) is 11.3 Å². The van der Waals surface area contributed by atoms with E-state index in [0.29, 0.717) is 17.0 Å². The minimum Gasteiger partial charge on any atom is -0.318 e. The minimum atomic E-state index is -0.464. The van der Waals surface area contributed by atoms with Crippen molar-refractivity contribution in [2.24, 2.45) is 5.16 Å². The van der Waals surface area contributed by atoms with Gasteiger partial charge in [-0.15, -0.1) is 0 Å². The molecule has 0 aliphatic carbocycles. The molecular weight excluding hydrogens is 248 g/mol. The van der Waals surface area contributed by atoms with Crippen molar-refractivity contribution < 1.29 is 9.63 Å². The monoisotopic (exact) mass is 263 g/mol. The Labute approximate surface area is 110 Å². The average Bonchev–Trinajstić information content (AvgIpc) is 2.33. The van der Waals surface area contributed by atoms with E-state index in [1.807, 2.05) is 12.1 Å². The minimum absolute atomic E-state index is 0.0974. The normalized spacial score (nSPS) is 11.2. The average molecular weight is 263 g/mol. The molecule has 0 saturated carbocycles. The SMILES string of the molecule is CC(=O)ON=C(C[S+](C)C)c1ccccc1C#N. The second-order valence-corrected chi connectivity index (χ2v) is 6.17. The van der Waals surface area contributed by atoms with E-state index < -0.39 is 5.97 Å². The summed E-state index contributed by atoms with van der Waals surface area (Å²) in [5.41, 5.74) is 1.90. The van der Waals surface area contributed by atoms with E-state index in [-0.39, 0.29) is 10.9 Å². The highest BCUT2D eigenvalue weighted by molar-refractivity contribution is 7.96. The van der Waals surface area contributed by atoms with Crippen LogP contribution in [0.4, 0.5) is 0 Å². The second kappa shape index (κ2) is 6.82. The lowest BCUT2D eigenvalue weighted by molar-refractivity contribution is -0.140. The van der Waals surface area contributed by atoms with Gasteiger partial charge in [0.25, 0.3) is 0 Å². The van der Waals surface area contributed by atoms with E-state index in [1.54, 1.807) is 12.1 Å². The Morgan fingerprint density at radius 2 is 2.11 bits per heavy atom. The fraction of sp³-hybridized carbons (Fsp3) is 0.308. The molecule has 4 nitrogen and oxygen atoms in total. The summed E-state index contributed by atoms with van der Waals surface area (Å²) in [4.78, 5) is 15.5. The summed E-state index contributed by atoms with van der Waals surface area (Å²) < 4.78 is 0. The number of oxime groups is 1. The third kappa shape index (κ3) is 4.22. The van der Waals surface area contributed by atoms with Gasteiger partial charge in [-0.2, -0.15) is 5.26 Å². The molecule has 0 aliphatic rings. The predicted molar refractivity (Wildman–Crippen MR) is 73.5 cm³/mol. The van der Waals surface area contributed by atoms with Crippen LogP contribution in [0.3, 0.4) is 0 Å². The highest BCUT2D eigenvalue weighted by Crippen LogP contribution is 2.11. The summed E-state index contributed by atoms with van der Waals surface area (Å²) in [5.74, 6) is 0.209. The van der Waals surface area contributed by atoms with Crippen LogP contribution in [0.1, 0.15) is 18.1 Å². The molecule has 0 radical (unpaired) electrons. The van der Waals surface area contributed by atoms with E-state index in [9.17, 15) is 4.79 Å². The Kier molecular flexibility index (Phi) is 5.40. The predicted octanol–water partition coefficient (Wildman–Crippen LogP) is 1.70. The molecule has 1 rings (SSSR count). The van der Waals surface area contributed by atoms with E-state index in [2.05, 4.69) is 23.7 Å². The number of rotatable bonds is 4. The molecule has 0 aliphatic heterocycles. The van der Waals surface area contributed by atoms with E-state index >= 15 is 0 Å². The van der Waals surface area contributed by atoms with Gasteiger partial charge in [0.1, 0.15) is 5.71 Å². The van der Waals surface area contributed by atoms with Crippen molar-refractivity contribution in [1.82, 2.24) is 0 Å². The molecule has 0 amide bonds. The largest absolute Gasteiger partial charge is 0.331 e. The maximum absolute atomic E-state index is 10.8. The summed E-state index contributed by atoms with van der Waals surface area (Å²) in [7, 11) is 0.0974. The fourth-order valence-corrected chi connectivity index (χ4v) is 2.13. The summed E-state index contributed by atoms with van der Waals surface area (Å²) in [6.07, 6.45) is 4.14. The molecule has 0 unspecified atom stereocenters. The van der Waals surface area contributed by atoms with E-state index in [4.69, 9.17) is 10.1 Å². The first-order valence-corrected chi connectivity index (χ1v) is 7.53. The molecule has 0 saturated heterocycles. The van der Waals surface area contributed by atoms with Crippen molar-refractivity contribution in [3.63, 3.8) is 0 Å². The van der Waals surface area contributed by atoms with Crippen molar-refractivity contribution >= 4 is 22.6 Å². The van der Waals surface area contributed by atoms with Gasteiger partial charge in [0.2, 0.25) is 0 Å². The summed E-state index contributed by atoms with van der Waals surface area (Å²) >= 11 is 0. The zero-order valence-corrected chi connectivity index (χ0v) is 11.5. The topological polar surface area (TPSA) is 62.4 Å². The van der Waals surface area contributed by atoms with E-state index in [1.165, 1.54) is 6.92 Å². The molecule has 0 spiro atoms. The first kappa shape index (κ1) is 14.3. The number of hydrogen-bond donors (Lipinski definition) is 0. The summed E-state index contributed by atoms with van der Waals surface area (Å²) in [5, 5.41) is 12.9. The van der Waals surface area contributed by atoms with E-state index in [0.717, 1.165) is 5.56 Å². The Hall–Kier alpha value is -1.80. The fourth-order valence-electron chi connectivity index (χ4n) is 1.38. The standard InChI is InChI=1S/C13H15N2O2S/c1-10(16)17-15-13(9-18(2)3)12-7-5-4-6-11(12)8-14/h4-7H,9H2,1-3H3/q+1. The van der Waals surface area contributed by atoms with Crippen LogP contribution in [-0.4, -0.2) is 29.9 Å². The summed E-state index contributed by atoms with van der Waals surface area (Å²) in [6, 6.07) is 9.29. The van der Waals surface area contributed by atoms with Gasteiger partial charge in [0.05, 0.1) is 24.1 Å². The lowest BCUT2D eigenvalue weighted by Crippen LogP contribution is -2.17. The number of carbonyl (C=O) groups is 1. The third-order valence-corrected chi connectivity index (χ3v) is 2.92. The number of nitriles is 1. The van der Waals surface area contributed by atoms with Gasteiger partial charge in [0.15, 0.2) is 5.75 Å². The van der Waals surface area contributed by atoms with Gasteiger partial charge in [-0.05, 0) is 17.0 Å². The Morgan fingerprint density at radius 3 is 2.67 bits per heavy atom. The van der Waals surface area contributed by atoms with Crippen LogP contribution in [0.15, 0.2) is 29.4 Å². The quantitative estimate of drug-likeness (QED) is 0.359. The lowest BCUT2D eigenvalue weighted by Gasteiger charge is -2.05. The van der Waals surface area contributed by atoms with Crippen LogP contribution >= 0.6 is 0 Å². The van der Waals surface area contributed by atoms with Gasteiger partial charge < -0.3 is 4.84 Å². The van der Waals surface area contributed by atoms with Gasteiger partial charge >= 0.3 is 5.97 Å². The molecule has 0 N–H and O–H groups in total. The highest BCUT2D eigenvalue weighted by atomic mass is 32.2. The maximum atomic E-state index is 10.8. The smallest absolute Gasteiger partial charge is 0.318 e. The van der Waals surface area contributed by atoms with Gasteiger partial charge in [-0.3, -0.25) is 0 Å². The van der Waals surface area contributed by atoms with Crippen molar-refractivity contribution in [2.75, 3.05) is 18.3 Å². The van der Waals surface area contributed by atoms with Crippen LogP contribution in [-0.2, 0) is 20.5 Å². The van der Waals surface area contributed by atoms with Gasteiger partial charge in [-0.25, -0.2) is 4.79 Å². The summed E-state index contributed by atoms with van der Waals surface area (Å²) in [6.45, 7) is 1.30. The molecule has 0 aromatic heterocycles. The molecule has 0 bridgehead atoms. The molecule has 0 heterocycles.